The average molecular weight is 1350 g/mol. The van der Waals surface area contributed by atoms with E-state index in [1.165, 1.54) is 173 Å². The first-order valence-electron chi connectivity index (χ1n) is 38.0. The highest BCUT2D eigenvalue weighted by Crippen LogP contribution is 2.45. The van der Waals surface area contributed by atoms with Gasteiger partial charge in [0.15, 0.2) is 12.2 Å². The molecule has 5 unspecified atom stereocenters. The van der Waals surface area contributed by atoms with Crippen LogP contribution in [0.2, 0.25) is 0 Å². The molecule has 3 N–H and O–H groups in total. The fourth-order valence-electron chi connectivity index (χ4n) is 11.0. The Hall–Kier alpha value is -1.94. The van der Waals surface area contributed by atoms with Gasteiger partial charge >= 0.3 is 39.5 Å². The molecule has 0 aromatic carbocycles. The van der Waals surface area contributed by atoms with Crippen LogP contribution in [0.25, 0.3) is 0 Å². The number of carbonyl (C=O) groups is 4. The molecule has 17 nitrogen and oxygen atoms in total. The molecule has 0 aliphatic heterocycles. The maximum Gasteiger partial charge on any atom is 0.472 e. The van der Waals surface area contributed by atoms with Gasteiger partial charge in [-0.15, -0.1) is 0 Å². The molecular formula is C73H142O17P2. The number of aliphatic hydroxyl groups is 1. The van der Waals surface area contributed by atoms with Crippen molar-refractivity contribution in [2.45, 2.75) is 388 Å². The molecule has 0 saturated heterocycles. The number of hydrogen-bond acceptors (Lipinski definition) is 15. The van der Waals surface area contributed by atoms with E-state index in [-0.39, 0.29) is 25.7 Å². The molecule has 0 aliphatic rings. The molecule has 0 heterocycles. The van der Waals surface area contributed by atoms with Gasteiger partial charge in [-0.2, -0.15) is 0 Å². The summed E-state index contributed by atoms with van der Waals surface area (Å²) in [6, 6.07) is 0. The SMILES string of the molecule is CCCCCCCCCCCCCCCCCCC(=O)O[C@H](COC(=O)CCCCCCCCCCCCC(C)CC)COP(=O)(O)OC[C@@H](O)COP(=O)(O)OC[C@@H](COC(=O)CCCCCCCCC(C)CC)OC(=O)CCCCCCCCCCC(C)CC. The van der Waals surface area contributed by atoms with E-state index in [2.05, 4.69) is 48.5 Å². The van der Waals surface area contributed by atoms with Crippen molar-refractivity contribution in [3.63, 3.8) is 0 Å². The zero-order chi connectivity index (χ0) is 68.0. The molecule has 0 spiro atoms. The van der Waals surface area contributed by atoms with Gasteiger partial charge in [0.2, 0.25) is 0 Å². The topological polar surface area (TPSA) is 237 Å². The molecule has 0 amide bonds. The third-order valence-electron chi connectivity index (χ3n) is 18.0. The Morgan fingerprint density at radius 2 is 0.522 bits per heavy atom. The Kier molecular flexibility index (Phi) is 62.4. The van der Waals surface area contributed by atoms with Crippen molar-refractivity contribution in [3.05, 3.63) is 0 Å². The summed E-state index contributed by atoms with van der Waals surface area (Å²) in [6.07, 6.45) is 48.4. The van der Waals surface area contributed by atoms with Crippen LogP contribution in [0.15, 0.2) is 0 Å². The summed E-state index contributed by atoms with van der Waals surface area (Å²) in [7, 11) is -9.91. The van der Waals surface area contributed by atoms with Gasteiger partial charge in [0.25, 0.3) is 0 Å². The van der Waals surface area contributed by atoms with E-state index in [1.807, 2.05) is 0 Å². The van der Waals surface area contributed by atoms with E-state index < -0.39 is 97.5 Å². The molecular weight excluding hydrogens is 1210 g/mol. The van der Waals surface area contributed by atoms with Gasteiger partial charge in [0, 0.05) is 25.7 Å². The van der Waals surface area contributed by atoms with Crippen molar-refractivity contribution in [2.24, 2.45) is 17.8 Å². The summed E-state index contributed by atoms with van der Waals surface area (Å²) in [5, 5.41) is 10.6. The Balaban J connectivity index is 5.27. The third-order valence-corrected chi connectivity index (χ3v) is 19.9. The molecule has 92 heavy (non-hydrogen) atoms. The molecule has 0 rings (SSSR count). The van der Waals surface area contributed by atoms with Crippen LogP contribution in [-0.4, -0.2) is 96.7 Å². The second-order valence-electron chi connectivity index (χ2n) is 27.1. The number of esters is 4. The van der Waals surface area contributed by atoms with Gasteiger partial charge in [-0.05, 0) is 43.4 Å². The van der Waals surface area contributed by atoms with Crippen molar-refractivity contribution in [3.8, 4) is 0 Å². The molecule has 19 heteroatoms. The quantitative estimate of drug-likeness (QED) is 0.0222. The first kappa shape index (κ1) is 90.1. The molecule has 0 aliphatic carbocycles. The second-order valence-corrected chi connectivity index (χ2v) is 30.0. The average Bonchev–Trinajstić information content (AvgIpc) is 2.01. The lowest BCUT2D eigenvalue weighted by Gasteiger charge is -2.21. The molecule has 0 saturated carbocycles. The number of hydrogen-bond donors (Lipinski definition) is 3. The zero-order valence-corrected chi connectivity index (χ0v) is 61.8. The summed E-state index contributed by atoms with van der Waals surface area (Å²) >= 11 is 0. The highest BCUT2D eigenvalue weighted by molar-refractivity contribution is 7.47. The Morgan fingerprint density at radius 3 is 0.772 bits per heavy atom. The van der Waals surface area contributed by atoms with Crippen molar-refractivity contribution >= 4 is 39.5 Å². The van der Waals surface area contributed by atoms with Gasteiger partial charge in [-0.1, -0.05) is 318 Å². The minimum Gasteiger partial charge on any atom is -0.462 e. The summed E-state index contributed by atoms with van der Waals surface area (Å²) in [5.41, 5.74) is 0. The third kappa shape index (κ3) is 62.8. The first-order chi connectivity index (χ1) is 44.3. The van der Waals surface area contributed by atoms with Gasteiger partial charge < -0.3 is 33.8 Å². The molecule has 0 aromatic heterocycles. The highest BCUT2D eigenvalue weighted by atomic mass is 31.2. The van der Waals surface area contributed by atoms with Crippen LogP contribution in [0.3, 0.4) is 0 Å². The molecule has 546 valence electrons. The minimum atomic E-state index is -4.96. The van der Waals surface area contributed by atoms with Crippen LogP contribution < -0.4 is 0 Å². The largest absolute Gasteiger partial charge is 0.472 e. The molecule has 0 fully saturated rings. The van der Waals surface area contributed by atoms with Crippen molar-refractivity contribution in [1.82, 2.24) is 0 Å². The fraction of sp³-hybridized carbons (Fsp3) is 0.945. The molecule has 0 radical (unpaired) electrons. The summed E-state index contributed by atoms with van der Waals surface area (Å²) < 4.78 is 68.4. The Morgan fingerprint density at radius 1 is 0.304 bits per heavy atom. The van der Waals surface area contributed by atoms with E-state index in [1.54, 1.807) is 0 Å². The normalized spacial score (nSPS) is 15.0. The number of carbonyl (C=O) groups excluding carboxylic acids is 4. The number of ether oxygens (including phenoxy) is 4. The van der Waals surface area contributed by atoms with Crippen LogP contribution in [0.5, 0.6) is 0 Å². The Bertz CT molecular complexity index is 1810. The highest BCUT2D eigenvalue weighted by Gasteiger charge is 2.30. The van der Waals surface area contributed by atoms with E-state index in [4.69, 9.17) is 37.0 Å². The second kappa shape index (κ2) is 63.8. The fourth-order valence-corrected chi connectivity index (χ4v) is 12.6. The predicted molar refractivity (Wildman–Crippen MR) is 372 cm³/mol. The van der Waals surface area contributed by atoms with Crippen LogP contribution >= 0.6 is 15.6 Å². The van der Waals surface area contributed by atoms with Crippen LogP contribution in [0.1, 0.15) is 370 Å². The van der Waals surface area contributed by atoms with E-state index in [9.17, 15) is 43.2 Å². The Labute approximate surface area is 562 Å². The van der Waals surface area contributed by atoms with Crippen molar-refractivity contribution < 1.29 is 80.2 Å². The van der Waals surface area contributed by atoms with Gasteiger partial charge in [-0.25, -0.2) is 9.13 Å². The maximum atomic E-state index is 13.1. The number of phosphoric ester groups is 2. The summed E-state index contributed by atoms with van der Waals surface area (Å²) in [5.74, 6) is 0.186. The lowest BCUT2D eigenvalue weighted by atomic mass is 9.99. The summed E-state index contributed by atoms with van der Waals surface area (Å²) in [4.78, 5) is 72.7. The van der Waals surface area contributed by atoms with Crippen LogP contribution in [-0.2, 0) is 65.4 Å². The number of rotatable bonds is 71. The summed E-state index contributed by atoms with van der Waals surface area (Å²) in [6.45, 7) is 11.9. The van der Waals surface area contributed by atoms with Crippen molar-refractivity contribution in [1.29, 1.82) is 0 Å². The molecule has 8 atom stereocenters. The first-order valence-corrected chi connectivity index (χ1v) is 41.0. The number of aliphatic hydroxyl groups excluding tert-OH is 1. The number of unbranched alkanes of at least 4 members (excludes halogenated alkanes) is 36. The van der Waals surface area contributed by atoms with Gasteiger partial charge in [-0.3, -0.25) is 37.3 Å². The smallest absolute Gasteiger partial charge is 0.462 e. The van der Waals surface area contributed by atoms with Crippen LogP contribution in [0.4, 0.5) is 0 Å². The lowest BCUT2D eigenvalue weighted by Crippen LogP contribution is -2.30. The zero-order valence-electron chi connectivity index (χ0n) is 60.0. The van der Waals surface area contributed by atoms with Crippen LogP contribution in [0, 0.1) is 17.8 Å². The van der Waals surface area contributed by atoms with Crippen molar-refractivity contribution in [2.75, 3.05) is 39.6 Å². The van der Waals surface area contributed by atoms with E-state index in [0.29, 0.717) is 25.7 Å². The predicted octanol–water partition coefficient (Wildman–Crippen LogP) is 21.0. The standard InChI is InChI=1S/C73H142O17P2/c1-8-12-13-14-15-16-17-18-19-20-21-22-27-33-42-49-56-72(77)89-68(60-83-70(75)54-47-40-32-26-24-23-25-30-37-44-51-64(5)9-2)62-87-91(79,80)85-58-67(74)59-86-92(81,82)88-63-69(61-84-71(76)55-48-41-36-35-39-46-53-66(7)11-4)90-73(78)57-50-43-34-29-28-31-38-45-52-65(6)10-3/h64-69,74H,8-63H2,1-7H3,(H,79,80)(H,81,82)/t64?,65?,66?,67-,68-,69-/m1/s1. The molecule has 0 bridgehead atoms. The maximum absolute atomic E-state index is 13.1. The van der Waals surface area contributed by atoms with E-state index >= 15 is 0 Å². The number of phosphoric acid groups is 2. The minimum absolute atomic E-state index is 0.104. The molecule has 0 aromatic rings. The monoisotopic (exact) mass is 1350 g/mol. The van der Waals surface area contributed by atoms with Gasteiger partial charge in [0.1, 0.15) is 19.3 Å². The van der Waals surface area contributed by atoms with E-state index in [0.717, 1.165) is 114 Å². The van der Waals surface area contributed by atoms with Gasteiger partial charge in [0.05, 0.1) is 26.4 Å². The lowest BCUT2D eigenvalue weighted by molar-refractivity contribution is -0.161.